The monoisotopic (exact) mass is 273 g/mol. The molecule has 1 aromatic heterocycles. The van der Waals surface area contributed by atoms with Gasteiger partial charge in [-0.15, -0.1) is 0 Å². The van der Waals surface area contributed by atoms with Gasteiger partial charge in [0.1, 0.15) is 5.82 Å². The summed E-state index contributed by atoms with van der Waals surface area (Å²) in [7, 11) is 0. The second kappa shape index (κ2) is 5.18. The minimum Gasteiger partial charge on any atom is -0.331 e. The van der Waals surface area contributed by atoms with Crippen LogP contribution in [0, 0.1) is 17.8 Å². The second-order valence-corrected chi connectivity index (χ2v) is 7.05. The van der Waals surface area contributed by atoms with E-state index in [0.29, 0.717) is 0 Å². The molecule has 1 aromatic rings. The molecule has 0 aromatic carbocycles. The van der Waals surface area contributed by atoms with Crippen molar-refractivity contribution in [3.8, 4) is 0 Å². The lowest BCUT2D eigenvalue weighted by Gasteiger charge is -2.22. The average molecular weight is 273 g/mol. The normalized spacial score (nSPS) is 22.3. The van der Waals surface area contributed by atoms with Gasteiger partial charge in [-0.05, 0) is 49.9 Å². The summed E-state index contributed by atoms with van der Waals surface area (Å²) in [5.41, 5.74) is 2.89. The van der Waals surface area contributed by atoms with E-state index in [1.54, 1.807) is 5.69 Å². The maximum Gasteiger partial charge on any atom is 0.109 e. The SMILES string of the molecule is CCCc1nc2c(n1CC(C1CC1)C1CC1)CCNC2. The van der Waals surface area contributed by atoms with Gasteiger partial charge in [0.15, 0.2) is 0 Å². The number of imidazole rings is 1. The Balaban J connectivity index is 1.62. The predicted molar refractivity (Wildman–Crippen MR) is 80.6 cm³/mol. The van der Waals surface area contributed by atoms with Gasteiger partial charge in [0.2, 0.25) is 0 Å². The van der Waals surface area contributed by atoms with E-state index in [1.165, 1.54) is 56.6 Å². The van der Waals surface area contributed by atoms with Crippen LogP contribution in [0.1, 0.15) is 56.2 Å². The minimum atomic E-state index is 0.957. The van der Waals surface area contributed by atoms with Crippen molar-refractivity contribution in [1.82, 2.24) is 14.9 Å². The third-order valence-electron chi connectivity index (χ3n) is 5.39. The first-order valence-electron chi connectivity index (χ1n) is 8.64. The smallest absolute Gasteiger partial charge is 0.109 e. The van der Waals surface area contributed by atoms with Crippen LogP contribution in [0.4, 0.5) is 0 Å². The predicted octanol–water partition coefficient (Wildman–Crippen LogP) is 2.92. The van der Waals surface area contributed by atoms with Gasteiger partial charge in [0, 0.05) is 38.2 Å². The first-order valence-corrected chi connectivity index (χ1v) is 8.64. The summed E-state index contributed by atoms with van der Waals surface area (Å²) in [6.45, 7) is 5.65. The molecule has 0 atom stereocenters. The lowest BCUT2D eigenvalue weighted by molar-refractivity contribution is 0.338. The quantitative estimate of drug-likeness (QED) is 0.863. The largest absolute Gasteiger partial charge is 0.331 e. The molecule has 0 spiro atoms. The maximum atomic E-state index is 4.95. The van der Waals surface area contributed by atoms with Gasteiger partial charge in [0.25, 0.3) is 0 Å². The van der Waals surface area contributed by atoms with E-state index in [-0.39, 0.29) is 0 Å². The van der Waals surface area contributed by atoms with Crippen LogP contribution < -0.4 is 5.32 Å². The molecule has 3 aliphatic rings. The van der Waals surface area contributed by atoms with E-state index in [2.05, 4.69) is 16.8 Å². The van der Waals surface area contributed by atoms with Crippen LogP contribution in [0.2, 0.25) is 0 Å². The lowest BCUT2D eigenvalue weighted by Crippen LogP contribution is -2.26. The number of aromatic nitrogens is 2. The molecule has 110 valence electrons. The Kier molecular flexibility index (Phi) is 3.33. The molecule has 1 N–H and O–H groups in total. The molecule has 2 aliphatic carbocycles. The zero-order chi connectivity index (χ0) is 13.5. The van der Waals surface area contributed by atoms with Gasteiger partial charge >= 0.3 is 0 Å². The first-order chi connectivity index (χ1) is 9.86. The Hall–Kier alpha value is -0.830. The van der Waals surface area contributed by atoms with E-state index >= 15 is 0 Å². The molecular formula is C17H27N3. The number of hydrogen-bond donors (Lipinski definition) is 1. The molecule has 0 saturated heterocycles. The van der Waals surface area contributed by atoms with Crippen LogP contribution >= 0.6 is 0 Å². The summed E-state index contributed by atoms with van der Waals surface area (Å²) in [5.74, 6) is 4.40. The molecule has 1 aliphatic heterocycles. The molecule has 0 bridgehead atoms. The molecule has 0 amide bonds. The Bertz CT molecular complexity index is 471. The molecule has 4 rings (SSSR count). The Morgan fingerprint density at radius 1 is 1.25 bits per heavy atom. The topological polar surface area (TPSA) is 29.9 Å². The Labute approximate surface area is 122 Å². The number of fused-ring (bicyclic) bond motifs is 1. The van der Waals surface area contributed by atoms with E-state index in [4.69, 9.17) is 4.98 Å². The highest BCUT2D eigenvalue weighted by Gasteiger charge is 2.42. The molecule has 2 saturated carbocycles. The van der Waals surface area contributed by atoms with Gasteiger partial charge in [-0.2, -0.15) is 0 Å². The lowest BCUT2D eigenvalue weighted by atomic mass is 9.97. The van der Waals surface area contributed by atoms with E-state index in [1.807, 2.05) is 0 Å². The minimum absolute atomic E-state index is 0.957. The molecule has 3 nitrogen and oxygen atoms in total. The second-order valence-electron chi connectivity index (χ2n) is 7.05. The summed E-state index contributed by atoms with van der Waals surface area (Å²) in [6.07, 6.45) is 9.49. The van der Waals surface area contributed by atoms with Crippen LogP contribution in [0.25, 0.3) is 0 Å². The highest BCUT2D eigenvalue weighted by Crippen LogP contribution is 2.50. The number of aryl methyl sites for hydroxylation is 1. The van der Waals surface area contributed by atoms with Crippen molar-refractivity contribution in [2.45, 2.75) is 65.0 Å². The van der Waals surface area contributed by atoms with Crippen molar-refractivity contribution in [1.29, 1.82) is 0 Å². The van der Waals surface area contributed by atoms with Gasteiger partial charge in [0.05, 0.1) is 5.69 Å². The standard InChI is InChI=1S/C17H27N3/c1-2-3-17-19-15-10-18-9-8-16(15)20(17)11-14(12-4-5-12)13-6-7-13/h12-14,18H,2-11H2,1H3. The van der Waals surface area contributed by atoms with Crippen molar-refractivity contribution in [3.63, 3.8) is 0 Å². The molecule has 2 fully saturated rings. The first kappa shape index (κ1) is 12.9. The van der Waals surface area contributed by atoms with Crippen molar-refractivity contribution in [3.05, 3.63) is 17.2 Å². The molecule has 20 heavy (non-hydrogen) atoms. The van der Waals surface area contributed by atoms with Crippen LogP contribution in [-0.4, -0.2) is 16.1 Å². The van der Waals surface area contributed by atoms with E-state index in [0.717, 1.165) is 37.3 Å². The number of nitrogens with one attached hydrogen (secondary N) is 1. The van der Waals surface area contributed by atoms with Crippen molar-refractivity contribution in [2.24, 2.45) is 17.8 Å². The van der Waals surface area contributed by atoms with Gasteiger partial charge in [-0.3, -0.25) is 0 Å². The third kappa shape index (κ3) is 2.41. The summed E-state index contributed by atoms with van der Waals surface area (Å²) in [6, 6.07) is 0. The fourth-order valence-electron chi connectivity index (χ4n) is 4.00. The third-order valence-corrected chi connectivity index (χ3v) is 5.39. The maximum absolute atomic E-state index is 4.95. The highest BCUT2D eigenvalue weighted by atomic mass is 15.1. The Morgan fingerprint density at radius 2 is 2.00 bits per heavy atom. The highest BCUT2D eigenvalue weighted by molar-refractivity contribution is 5.21. The summed E-state index contributed by atoms with van der Waals surface area (Å²) < 4.78 is 2.64. The van der Waals surface area contributed by atoms with Crippen LogP contribution in [0.3, 0.4) is 0 Å². The van der Waals surface area contributed by atoms with Gasteiger partial charge in [-0.25, -0.2) is 4.98 Å². The van der Waals surface area contributed by atoms with Crippen LogP contribution in [0.5, 0.6) is 0 Å². The molecule has 0 radical (unpaired) electrons. The molecule has 2 heterocycles. The van der Waals surface area contributed by atoms with Gasteiger partial charge < -0.3 is 9.88 Å². The average Bonchev–Trinajstić information content (AvgIpc) is 3.35. The molecule has 3 heteroatoms. The number of rotatable bonds is 6. The van der Waals surface area contributed by atoms with Crippen LogP contribution in [0.15, 0.2) is 0 Å². The Morgan fingerprint density at radius 3 is 2.65 bits per heavy atom. The van der Waals surface area contributed by atoms with Crippen molar-refractivity contribution in [2.75, 3.05) is 6.54 Å². The molecule has 0 unspecified atom stereocenters. The number of nitrogens with zero attached hydrogens (tertiary/aromatic N) is 2. The van der Waals surface area contributed by atoms with E-state index < -0.39 is 0 Å². The fraction of sp³-hybridized carbons (Fsp3) is 0.824. The van der Waals surface area contributed by atoms with Gasteiger partial charge in [-0.1, -0.05) is 6.92 Å². The zero-order valence-corrected chi connectivity index (χ0v) is 12.7. The molecular weight excluding hydrogens is 246 g/mol. The summed E-state index contributed by atoms with van der Waals surface area (Å²) in [5, 5.41) is 3.47. The number of hydrogen-bond acceptors (Lipinski definition) is 2. The van der Waals surface area contributed by atoms with Crippen molar-refractivity contribution < 1.29 is 0 Å². The summed E-state index contributed by atoms with van der Waals surface area (Å²) in [4.78, 5) is 4.95. The fourth-order valence-corrected chi connectivity index (χ4v) is 4.00. The summed E-state index contributed by atoms with van der Waals surface area (Å²) >= 11 is 0. The van der Waals surface area contributed by atoms with Crippen LogP contribution in [-0.2, 0) is 25.9 Å². The van der Waals surface area contributed by atoms with Crippen molar-refractivity contribution >= 4 is 0 Å². The zero-order valence-electron chi connectivity index (χ0n) is 12.7. The van der Waals surface area contributed by atoms with E-state index in [9.17, 15) is 0 Å².